The van der Waals surface area contributed by atoms with E-state index >= 15 is 0 Å². The molecule has 0 aliphatic rings. The number of hydrogen-bond donors (Lipinski definition) is 3. The molecule has 8 heteroatoms. The average Bonchev–Trinajstić information content (AvgIpc) is 3.33. The summed E-state index contributed by atoms with van der Waals surface area (Å²) >= 11 is 0. The lowest BCUT2D eigenvalue weighted by Crippen LogP contribution is -2.44. The molecule has 0 saturated heterocycles. The van der Waals surface area contributed by atoms with Gasteiger partial charge in [0.25, 0.3) is 5.91 Å². The van der Waals surface area contributed by atoms with E-state index in [4.69, 9.17) is 14.2 Å². The van der Waals surface area contributed by atoms with Gasteiger partial charge < -0.3 is 19.5 Å². The first-order valence-corrected chi connectivity index (χ1v) is 26.9. The van der Waals surface area contributed by atoms with Crippen LogP contribution in [0.15, 0.2) is 66.7 Å². The fourth-order valence-corrected chi connectivity index (χ4v) is 8.91. The van der Waals surface area contributed by atoms with Crippen LogP contribution in [0, 0.1) is 0 Å². The number of anilines is 1. The maximum absolute atomic E-state index is 13.8. The summed E-state index contributed by atoms with van der Waals surface area (Å²) in [4.78, 5) is 27.3. The van der Waals surface area contributed by atoms with Crippen molar-refractivity contribution >= 4 is 39.2 Å². The van der Waals surface area contributed by atoms with E-state index in [0.717, 1.165) is 60.1 Å². The van der Waals surface area contributed by atoms with Crippen molar-refractivity contribution in [2.45, 2.75) is 213 Å². The Kier molecular flexibility index (Phi) is 28.5. The molecule has 0 heterocycles. The number of fused-ring (bicyclic) bond motifs is 2. The van der Waals surface area contributed by atoms with Crippen LogP contribution in [0.4, 0.5) is 10.5 Å². The van der Waals surface area contributed by atoms with Gasteiger partial charge in [-0.15, -0.1) is 0 Å². The number of carbonyl (C=O) groups excluding carboxylic acids is 2. The zero-order valence-electron chi connectivity index (χ0n) is 41.7. The van der Waals surface area contributed by atoms with Crippen molar-refractivity contribution in [1.82, 2.24) is 10.9 Å². The van der Waals surface area contributed by atoms with Gasteiger partial charge in [-0.25, -0.2) is 10.2 Å². The highest BCUT2D eigenvalue weighted by atomic mass is 16.5. The minimum atomic E-state index is -0.576. The number of rotatable bonds is 38. The molecule has 366 valence electrons. The third-order valence-electron chi connectivity index (χ3n) is 12.8. The summed E-state index contributed by atoms with van der Waals surface area (Å²) in [5, 5.41) is 6.49. The van der Waals surface area contributed by atoms with Gasteiger partial charge in [0.05, 0.1) is 31.1 Å². The second kappa shape index (κ2) is 34.8. The number of benzene rings is 4. The van der Waals surface area contributed by atoms with E-state index in [1.807, 2.05) is 60.7 Å². The monoisotopic (exact) mass is 908 g/mol. The normalized spacial score (nSPS) is 11.3. The summed E-state index contributed by atoms with van der Waals surface area (Å²) in [5.74, 6) is 1.35. The van der Waals surface area contributed by atoms with Gasteiger partial charge in [-0.2, -0.15) is 0 Å². The quantitative estimate of drug-likeness (QED) is 0.0236. The maximum atomic E-state index is 13.8. The minimum absolute atomic E-state index is 0.394. The molecular weight excluding hydrogens is 819 g/mol. The van der Waals surface area contributed by atoms with Crippen molar-refractivity contribution in [3.63, 3.8) is 0 Å². The molecule has 4 rings (SSSR count). The molecule has 0 unspecified atom stereocenters. The van der Waals surface area contributed by atoms with Gasteiger partial charge in [-0.3, -0.25) is 10.2 Å². The van der Waals surface area contributed by atoms with Gasteiger partial charge in [0.1, 0.15) is 0 Å². The summed E-state index contributed by atoms with van der Waals surface area (Å²) in [6, 6.07) is 20.8. The predicted octanol–water partition coefficient (Wildman–Crippen LogP) is 17.4. The second-order valence-electron chi connectivity index (χ2n) is 18.6. The van der Waals surface area contributed by atoms with Crippen LogP contribution in [-0.4, -0.2) is 31.8 Å². The van der Waals surface area contributed by atoms with E-state index in [1.165, 1.54) is 154 Å². The summed E-state index contributed by atoms with van der Waals surface area (Å²) < 4.78 is 19.6. The van der Waals surface area contributed by atoms with E-state index in [1.54, 1.807) is 0 Å². The zero-order chi connectivity index (χ0) is 46.7. The number of unbranched alkanes of at least 4 members (excludes halogenated alkanes) is 27. The standard InChI is InChI=1S/C58H89N3O5/c1-4-7-10-13-16-19-22-25-28-35-42-64-53-46-50(59-58(63)61-60-57(62)55-51-40-33-31-38-48(51)45-49-39-32-34-41-52(49)55)47-54(65-43-36-29-26-23-20-17-14-11-8-5-2)56(53)66-44-37-30-27-24-21-18-15-12-9-6-3/h31-34,38-41,45-47H,4-30,35-37,42-44H2,1-3H3,(H,60,62)(H2,59,61,63). The molecule has 0 saturated carbocycles. The summed E-state index contributed by atoms with van der Waals surface area (Å²) in [6.45, 7) is 8.48. The Labute approximate surface area is 400 Å². The third kappa shape index (κ3) is 21.4. The number of carbonyl (C=O) groups is 2. The van der Waals surface area contributed by atoms with Gasteiger partial charge in [-0.1, -0.05) is 243 Å². The molecule has 8 nitrogen and oxygen atoms in total. The molecular formula is C58H89N3O5. The predicted molar refractivity (Wildman–Crippen MR) is 280 cm³/mol. The Morgan fingerprint density at radius 2 is 0.758 bits per heavy atom. The number of ether oxygens (including phenoxy) is 3. The van der Waals surface area contributed by atoms with Gasteiger partial charge in [-0.05, 0) is 46.9 Å². The van der Waals surface area contributed by atoms with Gasteiger partial charge in [0.15, 0.2) is 11.5 Å². The number of amides is 3. The molecule has 4 aromatic rings. The summed E-state index contributed by atoms with van der Waals surface area (Å²) in [7, 11) is 0. The van der Waals surface area contributed by atoms with Crippen LogP contribution in [0.1, 0.15) is 224 Å². The van der Waals surface area contributed by atoms with E-state index in [0.29, 0.717) is 48.3 Å². The lowest BCUT2D eigenvalue weighted by atomic mass is 9.96. The third-order valence-corrected chi connectivity index (χ3v) is 12.8. The Morgan fingerprint density at radius 3 is 1.15 bits per heavy atom. The number of nitrogens with one attached hydrogen (secondary N) is 3. The fraction of sp³-hybridized carbons (Fsp3) is 0.621. The van der Waals surface area contributed by atoms with Crippen molar-refractivity contribution in [3.8, 4) is 17.2 Å². The molecule has 0 aromatic heterocycles. The Hall–Kier alpha value is -4.46. The fourth-order valence-electron chi connectivity index (χ4n) is 8.91. The Bertz CT molecular complexity index is 1810. The Morgan fingerprint density at radius 1 is 0.409 bits per heavy atom. The lowest BCUT2D eigenvalue weighted by Gasteiger charge is -2.19. The highest BCUT2D eigenvalue weighted by Crippen LogP contribution is 2.41. The lowest BCUT2D eigenvalue weighted by molar-refractivity contribution is 0.0941. The van der Waals surface area contributed by atoms with Gasteiger partial charge in [0, 0.05) is 12.1 Å². The van der Waals surface area contributed by atoms with E-state index in [9.17, 15) is 9.59 Å². The minimum Gasteiger partial charge on any atom is -0.489 e. The van der Waals surface area contributed by atoms with Crippen LogP contribution < -0.4 is 30.4 Å². The summed E-state index contributed by atoms with van der Waals surface area (Å²) in [6.07, 6.45) is 37.5. The smallest absolute Gasteiger partial charge is 0.337 e. The summed E-state index contributed by atoms with van der Waals surface area (Å²) in [5.41, 5.74) is 6.29. The average molecular weight is 908 g/mol. The van der Waals surface area contributed by atoms with Crippen molar-refractivity contribution in [1.29, 1.82) is 0 Å². The molecule has 0 aliphatic heterocycles. The number of hydrogen-bond acceptors (Lipinski definition) is 5. The number of hydrazine groups is 1. The molecule has 3 amide bonds. The zero-order valence-corrected chi connectivity index (χ0v) is 41.7. The first-order valence-electron chi connectivity index (χ1n) is 26.9. The van der Waals surface area contributed by atoms with Crippen molar-refractivity contribution < 1.29 is 23.8 Å². The molecule has 0 spiro atoms. The molecule has 3 N–H and O–H groups in total. The molecule has 0 aliphatic carbocycles. The largest absolute Gasteiger partial charge is 0.489 e. The highest BCUT2D eigenvalue weighted by Gasteiger charge is 2.19. The molecule has 66 heavy (non-hydrogen) atoms. The molecule has 0 radical (unpaired) electrons. The molecule has 0 bridgehead atoms. The van der Waals surface area contributed by atoms with E-state index in [-0.39, 0.29) is 0 Å². The number of urea groups is 1. The van der Waals surface area contributed by atoms with Crippen molar-refractivity contribution in [3.05, 3.63) is 72.3 Å². The van der Waals surface area contributed by atoms with Crippen LogP contribution >= 0.6 is 0 Å². The first kappa shape index (κ1) is 54.1. The first-order chi connectivity index (χ1) is 32.5. The molecule has 4 aromatic carbocycles. The van der Waals surface area contributed by atoms with Crippen LogP contribution in [-0.2, 0) is 0 Å². The van der Waals surface area contributed by atoms with Crippen LogP contribution in [0.2, 0.25) is 0 Å². The van der Waals surface area contributed by atoms with Gasteiger partial charge >= 0.3 is 6.03 Å². The topological polar surface area (TPSA) is 97.9 Å². The van der Waals surface area contributed by atoms with Gasteiger partial charge in [0.2, 0.25) is 5.75 Å². The maximum Gasteiger partial charge on any atom is 0.337 e. The van der Waals surface area contributed by atoms with E-state index < -0.39 is 11.9 Å². The second-order valence-corrected chi connectivity index (χ2v) is 18.6. The van der Waals surface area contributed by atoms with E-state index in [2.05, 4.69) is 43.0 Å². The Balaban J connectivity index is 1.42. The van der Waals surface area contributed by atoms with Crippen LogP contribution in [0.3, 0.4) is 0 Å². The van der Waals surface area contributed by atoms with Crippen molar-refractivity contribution in [2.24, 2.45) is 0 Å². The van der Waals surface area contributed by atoms with Crippen LogP contribution in [0.25, 0.3) is 21.5 Å². The van der Waals surface area contributed by atoms with Crippen LogP contribution in [0.5, 0.6) is 17.2 Å². The SMILES string of the molecule is CCCCCCCCCCCCOc1cc(NC(=O)NNC(=O)c2c3ccccc3cc3ccccc23)cc(OCCCCCCCCCCCC)c1OCCCCCCCCCCCC. The molecule has 0 fully saturated rings. The highest BCUT2D eigenvalue weighted by molar-refractivity contribution is 6.18. The molecule has 0 atom stereocenters. The van der Waals surface area contributed by atoms with Crippen molar-refractivity contribution in [2.75, 3.05) is 25.1 Å².